The van der Waals surface area contributed by atoms with Crippen LogP contribution < -0.4 is 10.1 Å². The molecule has 0 amide bonds. The predicted molar refractivity (Wildman–Crippen MR) is 112 cm³/mol. The average molecular weight is 421 g/mol. The van der Waals surface area contributed by atoms with Crippen molar-refractivity contribution in [2.45, 2.75) is 6.54 Å². The maximum Gasteiger partial charge on any atom is 0.234 e. The van der Waals surface area contributed by atoms with E-state index in [1.165, 1.54) is 19.2 Å². The van der Waals surface area contributed by atoms with E-state index in [9.17, 15) is 8.78 Å². The van der Waals surface area contributed by atoms with Gasteiger partial charge in [0.2, 0.25) is 11.8 Å². The van der Waals surface area contributed by atoms with Gasteiger partial charge < -0.3 is 14.6 Å². The number of halogens is 2. The molecule has 0 aliphatic heterocycles. The lowest BCUT2D eigenvalue weighted by Gasteiger charge is -2.10. The number of methoxy groups -OCH3 is 1. The SMILES string of the molecule is CNc1nc2ncc(-n3ccc4ncc(OC)nc43)cc2n1Cc1cc(F)cc(F)c1. The fraction of sp³-hybridized carbons (Fsp3) is 0.143. The standard InChI is InChI=1S/C21H17F2N7O/c1-24-21-28-19-17(30(21)11-12-5-13(22)7-14(23)6-12)8-15(9-26-19)29-4-3-16-20(29)27-18(31-2)10-25-16/h3-10H,11H2,1-2H3,(H,24,26,28). The first kappa shape index (κ1) is 18.9. The number of aromatic nitrogens is 6. The number of hydrogen-bond donors (Lipinski definition) is 1. The van der Waals surface area contributed by atoms with Crippen molar-refractivity contribution in [3.05, 3.63) is 66.1 Å². The second kappa shape index (κ2) is 7.31. The minimum Gasteiger partial charge on any atom is -0.480 e. The number of pyridine rings is 1. The summed E-state index contributed by atoms with van der Waals surface area (Å²) in [5, 5.41) is 3.01. The van der Waals surface area contributed by atoms with Crippen LogP contribution in [0.2, 0.25) is 0 Å². The topological polar surface area (TPSA) is 82.7 Å². The van der Waals surface area contributed by atoms with Gasteiger partial charge in [-0.1, -0.05) is 0 Å². The van der Waals surface area contributed by atoms with Crippen molar-refractivity contribution in [3.8, 4) is 11.6 Å². The van der Waals surface area contributed by atoms with E-state index in [2.05, 4.69) is 25.3 Å². The van der Waals surface area contributed by atoms with Crippen molar-refractivity contribution in [3.63, 3.8) is 0 Å². The number of nitrogens with zero attached hydrogens (tertiary/aromatic N) is 6. The van der Waals surface area contributed by atoms with Crippen molar-refractivity contribution in [1.82, 2.24) is 29.1 Å². The third kappa shape index (κ3) is 3.31. The number of ether oxygens (including phenoxy) is 1. The number of benzene rings is 1. The van der Waals surface area contributed by atoms with Gasteiger partial charge in [-0.3, -0.25) is 4.57 Å². The molecule has 5 aromatic rings. The Bertz CT molecular complexity index is 1410. The molecule has 4 aromatic heterocycles. The molecule has 0 fully saturated rings. The van der Waals surface area contributed by atoms with Crippen LogP contribution in [0.25, 0.3) is 28.0 Å². The number of anilines is 1. The van der Waals surface area contributed by atoms with Gasteiger partial charge in [0.1, 0.15) is 17.2 Å². The van der Waals surface area contributed by atoms with Gasteiger partial charge in [0.15, 0.2) is 11.3 Å². The molecule has 156 valence electrons. The molecular weight excluding hydrogens is 404 g/mol. The zero-order chi connectivity index (χ0) is 21.5. The molecule has 4 heterocycles. The lowest BCUT2D eigenvalue weighted by atomic mass is 10.2. The summed E-state index contributed by atoms with van der Waals surface area (Å²) in [6, 6.07) is 7.19. The fourth-order valence-electron chi connectivity index (χ4n) is 3.55. The Morgan fingerprint density at radius 2 is 1.84 bits per heavy atom. The van der Waals surface area contributed by atoms with Gasteiger partial charge in [-0.05, 0) is 29.8 Å². The van der Waals surface area contributed by atoms with Crippen LogP contribution in [0.1, 0.15) is 5.56 Å². The average Bonchev–Trinajstić information content (AvgIpc) is 3.33. The zero-order valence-electron chi connectivity index (χ0n) is 16.7. The second-order valence-electron chi connectivity index (χ2n) is 6.89. The first-order valence-electron chi connectivity index (χ1n) is 9.43. The molecule has 31 heavy (non-hydrogen) atoms. The minimum absolute atomic E-state index is 0.215. The van der Waals surface area contributed by atoms with E-state index in [4.69, 9.17) is 4.74 Å². The Hall–Kier alpha value is -4.08. The van der Waals surface area contributed by atoms with Crippen molar-refractivity contribution in [2.24, 2.45) is 0 Å². The molecule has 0 unspecified atom stereocenters. The molecule has 0 saturated carbocycles. The lowest BCUT2D eigenvalue weighted by Crippen LogP contribution is -2.06. The van der Waals surface area contributed by atoms with Crippen LogP contribution in [-0.4, -0.2) is 43.2 Å². The molecule has 5 rings (SSSR count). The van der Waals surface area contributed by atoms with Gasteiger partial charge in [0.25, 0.3) is 0 Å². The highest BCUT2D eigenvalue weighted by Crippen LogP contribution is 2.25. The molecule has 0 bridgehead atoms. The van der Waals surface area contributed by atoms with E-state index in [0.29, 0.717) is 39.7 Å². The Kier molecular flexibility index (Phi) is 4.46. The molecule has 0 aliphatic carbocycles. The Labute approximate surface area is 175 Å². The van der Waals surface area contributed by atoms with Crippen molar-refractivity contribution in [2.75, 3.05) is 19.5 Å². The summed E-state index contributed by atoms with van der Waals surface area (Å²) in [4.78, 5) is 17.8. The third-order valence-electron chi connectivity index (χ3n) is 4.93. The highest BCUT2D eigenvalue weighted by molar-refractivity contribution is 5.79. The molecule has 0 saturated heterocycles. The van der Waals surface area contributed by atoms with Crippen LogP contribution in [0.3, 0.4) is 0 Å². The number of hydrogen-bond acceptors (Lipinski definition) is 6. The number of imidazole rings is 1. The van der Waals surface area contributed by atoms with E-state index < -0.39 is 11.6 Å². The van der Waals surface area contributed by atoms with Crippen LogP contribution in [0, 0.1) is 11.6 Å². The molecular formula is C21H17F2N7O. The van der Waals surface area contributed by atoms with Gasteiger partial charge in [-0.25, -0.2) is 18.7 Å². The Morgan fingerprint density at radius 3 is 2.58 bits per heavy atom. The van der Waals surface area contributed by atoms with Gasteiger partial charge in [-0.2, -0.15) is 9.97 Å². The van der Waals surface area contributed by atoms with Gasteiger partial charge in [0.05, 0.1) is 37.3 Å². The van der Waals surface area contributed by atoms with Gasteiger partial charge >= 0.3 is 0 Å². The van der Waals surface area contributed by atoms with Crippen LogP contribution in [0.4, 0.5) is 14.7 Å². The molecule has 10 heteroatoms. The van der Waals surface area contributed by atoms with Crippen LogP contribution in [-0.2, 0) is 6.54 Å². The monoisotopic (exact) mass is 421 g/mol. The van der Waals surface area contributed by atoms with Crippen molar-refractivity contribution >= 4 is 28.3 Å². The summed E-state index contributed by atoms with van der Waals surface area (Å²) in [6.45, 7) is 0.215. The first-order valence-corrected chi connectivity index (χ1v) is 9.43. The fourth-order valence-corrected chi connectivity index (χ4v) is 3.55. The van der Waals surface area contributed by atoms with Gasteiger partial charge in [-0.15, -0.1) is 0 Å². The quantitative estimate of drug-likeness (QED) is 0.467. The summed E-state index contributed by atoms with van der Waals surface area (Å²) >= 11 is 0. The van der Waals surface area contributed by atoms with Crippen LogP contribution in [0.15, 0.2) is 48.9 Å². The second-order valence-corrected chi connectivity index (χ2v) is 6.89. The first-order chi connectivity index (χ1) is 15.1. The summed E-state index contributed by atoms with van der Waals surface area (Å²) < 4.78 is 36.2. The zero-order valence-corrected chi connectivity index (χ0v) is 16.7. The highest BCUT2D eigenvalue weighted by atomic mass is 19.1. The molecule has 0 atom stereocenters. The molecule has 1 N–H and O–H groups in total. The van der Waals surface area contributed by atoms with Crippen LogP contribution in [0.5, 0.6) is 5.88 Å². The smallest absolute Gasteiger partial charge is 0.234 e. The van der Waals surface area contributed by atoms with Crippen LogP contribution >= 0.6 is 0 Å². The maximum absolute atomic E-state index is 13.7. The normalized spacial score (nSPS) is 11.4. The van der Waals surface area contributed by atoms with E-state index in [-0.39, 0.29) is 6.54 Å². The molecule has 0 spiro atoms. The molecule has 1 aromatic carbocycles. The van der Waals surface area contributed by atoms with E-state index in [1.807, 2.05) is 27.5 Å². The summed E-state index contributed by atoms with van der Waals surface area (Å²) in [5.74, 6) is -0.327. The van der Waals surface area contributed by atoms with E-state index in [1.54, 1.807) is 19.4 Å². The number of rotatable bonds is 5. The number of fused-ring (bicyclic) bond motifs is 2. The molecule has 8 nitrogen and oxygen atoms in total. The predicted octanol–water partition coefficient (Wildman–Crippen LogP) is 3.54. The molecule has 0 aliphatic rings. The highest BCUT2D eigenvalue weighted by Gasteiger charge is 2.15. The van der Waals surface area contributed by atoms with E-state index in [0.717, 1.165) is 11.8 Å². The Morgan fingerprint density at radius 1 is 1.03 bits per heavy atom. The Balaban J connectivity index is 1.65. The van der Waals surface area contributed by atoms with Gasteiger partial charge in [0, 0.05) is 19.3 Å². The summed E-state index contributed by atoms with van der Waals surface area (Å²) in [6.07, 6.45) is 5.08. The summed E-state index contributed by atoms with van der Waals surface area (Å²) in [7, 11) is 3.26. The molecule has 0 radical (unpaired) electrons. The summed E-state index contributed by atoms with van der Waals surface area (Å²) in [5.41, 5.74) is 3.74. The maximum atomic E-state index is 13.7. The lowest BCUT2D eigenvalue weighted by molar-refractivity contribution is 0.397. The largest absolute Gasteiger partial charge is 0.480 e. The van der Waals surface area contributed by atoms with Crippen molar-refractivity contribution in [1.29, 1.82) is 0 Å². The minimum atomic E-state index is -0.629. The van der Waals surface area contributed by atoms with Crippen molar-refractivity contribution < 1.29 is 13.5 Å². The van der Waals surface area contributed by atoms with E-state index >= 15 is 0 Å². The number of nitrogens with one attached hydrogen (secondary N) is 1. The third-order valence-corrected chi connectivity index (χ3v) is 4.93.